The van der Waals surface area contributed by atoms with E-state index in [1.807, 2.05) is 19.1 Å². The molecule has 0 aromatic heterocycles. The normalized spacial score (nSPS) is 14.0. The Kier molecular flexibility index (Phi) is 7.77. The maximum atomic E-state index is 13.1. The number of hydrogen-bond acceptors (Lipinski definition) is 5. The van der Waals surface area contributed by atoms with Crippen molar-refractivity contribution in [2.24, 2.45) is 0 Å². The van der Waals surface area contributed by atoms with Gasteiger partial charge in [0.15, 0.2) is 12.4 Å². The predicted molar refractivity (Wildman–Crippen MR) is 131 cm³/mol. The standard InChI is InChI=1S/C28H29FN2O4/c1-20-3-7-22(8-4-20)28(33)25-12-11-24(34-2)17-26(25)35-19-27(32)31-15-13-30(14-16-31)18-21-5-9-23(29)10-6-21/h3-12,17H,13-16,18-19H2,1-2H3. The smallest absolute Gasteiger partial charge is 0.260 e. The molecule has 0 atom stereocenters. The van der Waals surface area contributed by atoms with Crippen LogP contribution in [-0.2, 0) is 11.3 Å². The van der Waals surface area contributed by atoms with Crippen molar-refractivity contribution in [2.75, 3.05) is 39.9 Å². The Labute approximate surface area is 204 Å². The number of piperazine rings is 1. The topological polar surface area (TPSA) is 59.1 Å². The van der Waals surface area contributed by atoms with Gasteiger partial charge in [0, 0.05) is 44.4 Å². The maximum absolute atomic E-state index is 13.1. The van der Waals surface area contributed by atoms with Crippen LogP contribution in [-0.4, -0.2) is 61.4 Å². The second-order valence-electron chi connectivity index (χ2n) is 8.63. The largest absolute Gasteiger partial charge is 0.497 e. The lowest BCUT2D eigenvalue weighted by Gasteiger charge is -2.34. The molecule has 1 saturated heterocycles. The minimum Gasteiger partial charge on any atom is -0.497 e. The molecule has 1 heterocycles. The summed E-state index contributed by atoms with van der Waals surface area (Å²) < 4.78 is 24.3. The molecular weight excluding hydrogens is 447 g/mol. The van der Waals surface area contributed by atoms with Gasteiger partial charge in [-0.2, -0.15) is 0 Å². The Bertz CT molecular complexity index is 1170. The van der Waals surface area contributed by atoms with E-state index in [-0.39, 0.29) is 24.1 Å². The van der Waals surface area contributed by atoms with Crippen molar-refractivity contribution in [1.29, 1.82) is 0 Å². The molecule has 3 aromatic carbocycles. The lowest BCUT2D eigenvalue weighted by molar-refractivity contribution is -0.135. The van der Waals surface area contributed by atoms with Gasteiger partial charge in [-0.25, -0.2) is 4.39 Å². The molecule has 0 radical (unpaired) electrons. The molecule has 0 spiro atoms. The van der Waals surface area contributed by atoms with Gasteiger partial charge >= 0.3 is 0 Å². The van der Waals surface area contributed by atoms with Gasteiger partial charge in [-0.05, 0) is 36.8 Å². The van der Waals surface area contributed by atoms with Crippen LogP contribution >= 0.6 is 0 Å². The van der Waals surface area contributed by atoms with Gasteiger partial charge in [0.1, 0.15) is 17.3 Å². The first-order valence-corrected chi connectivity index (χ1v) is 11.6. The summed E-state index contributed by atoms with van der Waals surface area (Å²) >= 11 is 0. The molecule has 0 N–H and O–H groups in total. The third-order valence-corrected chi connectivity index (χ3v) is 6.14. The van der Waals surface area contributed by atoms with Crippen molar-refractivity contribution < 1.29 is 23.5 Å². The van der Waals surface area contributed by atoms with Crippen LogP contribution in [0.4, 0.5) is 4.39 Å². The Hall–Kier alpha value is -3.71. The van der Waals surface area contributed by atoms with Crippen LogP contribution < -0.4 is 9.47 Å². The minimum absolute atomic E-state index is 0.136. The van der Waals surface area contributed by atoms with E-state index in [9.17, 15) is 14.0 Å². The first-order valence-electron chi connectivity index (χ1n) is 11.6. The van der Waals surface area contributed by atoms with Crippen LogP contribution in [0.1, 0.15) is 27.0 Å². The van der Waals surface area contributed by atoms with Gasteiger partial charge in [0.25, 0.3) is 5.91 Å². The molecule has 182 valence electrons. The van der Waals surface area contributed by atoms with E-state index in [4.69, 9.17) is 9.47 Å². The van der Waals surface area contributed by atoms with Gasteiger partial charge in [-0.1, -0.05) is 42.0 Å². The molecule has 3 aromatic rings. The number of rotatable bonds is 8. The highest BCUT2D eigenvalue weighted by atomic mass is 19.1. The number of carbonyl (C=O) groups excluding carboxylic acids is 2. The molecular formula is C28H29FN2O4. The summed E-state index contributed by atoms with van der Waals surface area (Å²) in [4.78, 5) is 29.9. The quantitative estimate of drug-likeness (QED) is 0.458. The number of halogens is 1. The van der Waals surface area contributed by atoms with Crippen molar-refractivity contribution in [1.82, 2.24) is 9.80 Å². The third kappa shape index (κ3) is 6.25. The summed E-state index contributed by atoms with van der Waals surface area (Å²) in [7, 11) is 1.54. The van der Waals surface area contributed by atoms with Crippen molar-refractivity contribution in [3.8, 4) is 11.5 Å². The molecule has 1 fully saturated rings. The Balaban J connectivity index is 1.36. The summed E-state index contributed by atoms with van der Waals surface area (Å²) in [5.41, 5.74) is 3.04. The van der Waals surface area contributed by atoms with Gasteiger partial charge in [0.2, 0.25) is 0 Å². The monoisotopic (exact) mass is 476 g/mol. The number of ether oxygens (including phenoxy) is 2. The van der Waals surface area contributed by atoms with Gasteiger partial charge in [-0.3, -0.25) is 14.5 Å². The van der Waals surface area contributed by atoms with Crippen LogP contribution in [0.3, 0.4) is 0 Å². The molecule has 0 unspecified atom stereocenters. The van der Waals surface area contributed by atoms with E-state index >= 15 is 0 Å². The average Bonchev–Trinajstić information content (AvgIpc) is 2.89. The molecule has 1 aliphatic heterocycles. The lowest BCUT2D eigenvalue weighted by Crippen LogP contribution is -2.49. The first kappa shape index (κ1) is 24.4. The van der Waals surface area contributed by atoms with E-state index in [0.29, 0.717) is 42.3 Å². The zero-order valence-corrected chi connectivity index (χ0v) is 20.0. The molecule has 0 aliphatic carbocycles. The Morgan fingerprint density at radius 2 is 1.60 bits per heavy atom. The summed E-state index contributed by atoms with van der Waals surface area (Å²) in [5.74, 6) is 0.303. The van der Waals surface area contributed by atoms with Crippen molar-refractivity contribution in [3.63, 3.8) is 0 Å². The Morgan fingerprint density at radius 1 is 0.914 bits per heavy atom. The molecule has 0 bridgehead atoms. The van der Waals surface area contributed by atoms with Crippen LogP contribution in [0, 0.1) is 12.7 Å². The highest BCUT2D eigenvalue weighted by molar-refractivity contribution is 6.10. The van der Waals surface area contributed by atoms with Gasteiger partial charge in [0.05, 0.1) is 12.7 Å². The van der Waals surface area contributed by atoms with Crippen LogP contribution in [0.5, 0.6) is 11.5 Å². The van der Waals surface area contributed by atoms with Crippen molar-refractivity contribution >= 4 is 11.7 Å². The van der Waals surface area contributed by atoms with Crippen molar-refractivity contribution in [2.45, 2.75) is 13.5 Å². The minimum atomic E-state index is -0.246. The zero-order chi connectivity index (χ0) is 24.8. The fraction of sp³-hybridized carbons (Fsp3) is 0.286. The molecule has 1 amide bonds. The van der Waals surface area contributed by atoms with Gasteiger partial charge < -0.3 is 14.4 Å². The number of benzene rings is 3. The highest BCUT2D eigenvalue weighted by Gasteiger charge is 2.23. The van der Waals surface area contributed by atoms with Crippen molar-refractivity contribution in [3.05, 3.63) is 94.8 Å². The average molecular weight is 477 g/mol. The second-order valence-corrected chi connectivity index (χ2v) is 8.63. The summed E-state index contributed by atoms with van der Waals surface area (Å²) in [6.45, 7) is 5.11. The molecule has 0 saturated carbocycles. The number of aryl methyl sites for hydroxylation is 1. The third-order valence-electron chi connectivity index (χ3n) is 6.14. The van der Waals surface area contributed by atoms with E-state index in [0.717, 1.165) is 24.2 Å². The predicted octanol–water partition coefficient (Wildman–Crippen LogP) is 4.10. The number of amides is 1. The number of carbonyl (C=O) groups is 2. The molecule has 1 aliphatic rings. The molecule has 6 nitrogen and oxygen atoms in total. The fourth-order valence-corrected chi connectivity index (χ4v) is 4.03. The SMILES string of the molecule is COc1ccc(C(=O)c2ccc(C)cc2)c(OCC(=O)N2CCN(Cc3ccc(F)cc3)CC2)c1. The molecule has 7 heteroatoms. The van der Waals surface area contributed by atoms with Gasteiger partial charge in [-0.15, -0.1) is 0 Å². The van der Waals surface area contributed by atoms with Crippen LogP contribution in [0.25, 0.3) is 0 Å². The first-order chi connectivity index (χ1) is 16.9. The van der Waals surface area contributed by atoms with E-state index < -0.39 is 0 Å². The number of ketones is 1. The molecule has 35 heavy (non-hydrogen) atoms. The van der Waals surface area contributed by atoms with Crippen LogP contribution in [0.2, 0.25) is 0 Å². The maximum Gasteiger partial charge on any atom is 0.260 e. The lowest BCUT2D eigenvalue weighted by atomic mass is 10.0. The van der Waals surface area contributed by atoms with E-state index in [2.05, 4.69) is 4.90 Å². The Morgan fingerprint density at radius 3 is 2.26 bits per heavy atom. The van der Waals surface area contributed by atoms with E-state index in [1.165, 1.54) is 19.2 Å². The fourth-order valence-electron chi connectivity index (χ4n) is 4.03. The molecule has 4 rings (SSSR count). The summed E-state index contributed by atoms with van der Waals surface area (Å²) in [6, 6.07) is 18.8. The second kappa shape index (κ2) is 11.1. The van der Waals surface area contributed by atoms with E-state index in [1.54, 1.807) is 47.4 Å². The number of hydrogen-bond donors (Lipinski definition) is 0. The number of nitrogens with zero attached hydrogens (tertiary/aromatic N) is 2. The summed E-state index contributed by atoms with van der Waals surface area (Å²) in [6.07, 6.45) is 0. The highest BCUT2D eigenvalue weighted by Crippen LogP contribution is 2.27. The summed E-state index contributed by atoms with van der Waals surface area (Å²) in [5, 5.41) is 0. The number of methoxy groups -OCH3 is 1. The van der Waals surface area contributed by atoms with Crippen LogP contribution in [0.15, 0.2) is 66.7 Å². The zero-order valence-electron chi connectivity index (χ0n) is 20.0.